The van der Waals surface area contributed by atoms with Crippen molar-refractivity contribution < 1.29 is 14.2 Å². The van der Waals surface area contributed by atoms with E-state index in [9.17, 15) is 4.39 Å². The van der Waals surface area contributed by atoms with Gasteiger partial charge in [0.25, 0.3) is 0 Å². The van der Waals surface area contributed by atoms with Crippen LogP contribution < -0.4 is 10.5 Å². The molecule has 1 aromatic rings. The molecule has 0 aliphatic carbocycles. The van der Waals surface area contributed by atoms with Gasteiger partial charge in [0, 0.05) is 5.56 Å². The summed E-state index contributed by atoms with van der Waals surface area (Å²) < 4.78 is 18.3. The van der Waals surface area contributed by atoms with Crippen LogP contribution in [-0.2, 0) is 0 Å². The predicted molar refractivity (Wildman–Crippen MR) is 51.7 cm³/mol. The van der Waals surface area contributed by atoms with E-state index in [1.54, 1.807) is 13.0 Å². The van der Waals surface area contributed by atoms with Crippen molar-refractivity contribution in [3.05, 3.63) is 29.1 Å². The molecule has 0 aromatic heterocycles. The molecule has 1 atom stereocenters. The largest absolute Gasteiger partial charge is 0.496 e. The topological polar surface area (TPSA) is 55.5 Å². The van der Waals surface area contributed by atoms with E-state index in [1.807, 2.05) is 0 Å². The molecule has 0 aliphatic heterocycles. The zero-order valence-corrected chi connectivity index (χ0v) is 8.25. The van der Waals surface area contributed by atoms with E-state index in [0.29, 0.717) is 16.9 Å². The summed E-state index contributed by atoms with van der Waals surface area (Å²) in [7, 11) is 1.47. The van der Waals surface area contributed by atoms with E-state index < -0.39 is 6.04 Å². The summed E-state index contributed by atoms with van der Waals surface area (Å²) in [6, 6.07) is 2.39. The number of rotatable bonds is 3. The Morgan fingerprint density at radius 3 is 2.71 bits per heavy atom. The van der Waals surface area contributed by atoms with Gasteiger partial charge in [0.15, 0.2) is 0 Å². The fourth-order valence-electron chi connectivity index (χ4n) is 1.21. The smallest absolute Gasteiger partial charge is 0.130 e. The second-order valence-electron chi connectivity index (χ2n) is 3.12. The minimum Gasteiger partial charge on any atom is -0.496 e. The molecule has 0 fully saturated rings. The Bertz CT molecular complexity index is 328. The average molecular weight is 199 g/mol. The van der Waals surface area contributed by atoms with Crippen molar-refractivity contribution in [1.82, 2.24) is 0 Å². The van der Waals surface area contributed by atoms with Gasteiger partial charge >= 0.3 is 0 Å². The molecule has 0 saturated heterocycles. The normalized spacial score (nSPS) is 12.6. The Balaban J connectivity index is 3.16. The lowest BCUT2D eigenvalue weighted by molar-refractivity contribution is 0.267. The summed E-state index contributed by atoms with van der Waals surface area (Å²) in [6.45, 7) is 1.41. The van der Waals surface area contributed by atoms with Crippen LogP contribution in [0.1, 0.15) is 17.2 Å². The van der Waals surface area contributed by atoms with Crippen LogP contribution in [0.25, 0.3) is 0 Å². The second kappa shape index (κ2) is 4.39. The van der Waals surface area contributed by atoms with Crippen molar-refractivity contribution in [2.45, 2.75) is 13.0 Å². The number of hydrogen-bond donors (Lipinski definition) is 2. The summed E-state index contributed by atoms with van der Waals surface area (Å²) in [5.41, 5.74) is 6.55. The van der Waals surface area contributed by atoms with Gasteiger partial charge in [-0.1, -0.05) is 0 Å². The summed E-state index contributed by atoms with van der Waals surface area (Å²) >= 11 is 0. The van der Waals surface area contributed by atoms with E-state index in [-0.39, 0.29) is 12.4 Å². The molecule has 1 aromatic carbocycles. The Hall–Kier alpha value is -1.13. The minimum atomic E-state index is -0.570. The zero-order chi connectivity index (χ0) is 10.7. The van der Waals surface area contributed by atoms with E-state index in [2.05, 4.69) is 0 Å². The molecule has 78 valence electrons. The Morgan fingerprint density at radius 1 is 1.57 bits per heavy atom. The number of benzene rings is 1. The SMILES string of the molecule is COc1cc(C(N)CO)cc(F)c1C. The zero-order valence-electron chi connectivity index (χ0n) is 8.25. The lowest BCUT2D eigenvalue weighted by Gasteiger charge is -2.12. The Labute approximate surface area is 82.3 Å². The molecule has 0 heterocycles. The lowest BCUT2D eigenvalue weighted by Crippen LogP contribution is -2.15. The van der Waals surface area contributed by atoms with Crippen LogP contribution in [-0.4, -0.2) is 18.8 Å². The van der Waals surface area contributed by atoms with Crippen LogP contribution in [0.3, 0.4) is 0 Å². The first-order valence-corrected chi connectivity index (χ1v) is 4.30. The Morgan fingerprint density at radius 2 is 2.21 bits per heavy atom. The van der Waals surface area contributed by atoms with Crippen LogP contribution in [0, 0.1) is 12.7 Å². The molecule has 0 bridgehead atoms. The molecule has 0 saturated carbocycles. The number of nitrogens with two attached hydrogens (primary N) is 1. The maximum absolute atomic E-state index is 13.3. The van der Waals surface area contributed by atoms with E-state index in [1.165, 1.54) is 13.2 Å². The highest BCUT2D eigenvalue weighted by atomic mass is 19.1. The van der Waals surface area contributed by atoms with Crippen LogP contribution in [0.5, 0.6) is 5.75 Å². The second-order valence-corrected chi connectivity index (χ2v) is 3.12. The summed E-state index contributed by atoms with van der Waals surface area (Å²) in [4.78, 5) is 0. The quantitative estimate of drug-likeness (QED) is 0.767. The van der Waals surface area contributed by atoms with Crippen molar-refractivity contribution in [3.8, 4) is 5.75 Å². The van der Waals surface area contributed by atoms with Gasteiger partial charge in [0.05, 0.1) is 19.8 Å². The number of hydrogen-bond acceptors (Lipinski definition) is 3. The molecule has 4 heteroatoms. The lowest BCUT2D eigenvalue weighted by atomic mass is 10.0. The number of aliphatic hydroxyl groups is 1. The van der Waals surface area contributed by atoms with Crippen LogP contribution in [0.4, 0.5) is 4.39 Å². The van der Waals surface area contributed by atoms with Crippen molar-refractivity contribution in [2.24, 2.45) is 5.73 Å². The highest BCUT2D eigenvalue weighted by Crippen LogP contribution is 2.25. The molecule has 0 amide bonds. The standard InChI is InChI=1S/C10H14FNO2/c1-6-8(11)3-7(9(12)5-13)4-10(6)14-2/h3-4,9,13H,5,12H2,1-2H3. The maximum Gasteiger partial charge on any atom is 0.130 e. The van der Waals surface area contributed by atoms with Crippen molar-refractivity contribution >= 4 is 0 Å². The fraction of sp³-hybridized carbons (Fsp3) is 0.400. The van der Waals surface area contributed by atoms with Gasteiger partial charge < -0.3 is 15.6 Å². The molecule has 3 nitrogen and oxygen atoms in total. The first-order chi connectivity index (χ1) is 6.60. The molecule has 1 rings (SSSR count). The van der Waals surface area contributed by atoms with Crippen molar-refractivity contribution in [3.63, 3.8) is 0 Å². The first-order valence-electron chi connectivity index (χ1n) is 4.30. The van der Waals surface area contributed by atoms with Crippen LogP contribution in [0.2, 0.25) is 0 Å². The van der Waals surface area contributed by atoms with Gasteiger partial charge in [-0.05, 0) is 24.6 Å². The third-order valence-corrected chi connectivity index (χ3v) is 2.16. The summed E-state index contributed by atoms with van der Waals surface area (Å²) in [5.74, 6) is 0.0761. The number of aliphatic hydroxyl groups excluding tert-OH is 1. The van der Waals surface area contributed by atoms with Crippen molar-refractivity contribution in [1.29, 1.82) is 0 Å². The van der Waals surface area contributed by atoms with E-state index >= 15 is 0 Å². The van der Waals surface area contributed by atoms with Gasteiger partial charge in [-0.2, -0.15) is 0 Å². The van der Waals surface area contributed by atoms with Crippen molar-refractivity contribution in [2.75, 3.05) is 13.7 Å². The molecule has 14 heavy (non-hydrogen) atoms. The van der Waals surface area contributed by atoms with E-state index in [4.69, 9.17) is 15.6 Å². The molecule has 0 aliphatic rings. The third-order valence-electron chi connectivity index (χ3n) is 2.16. The monoisotopic (exact) mass is 199 g/mol. The van der Waals surface area contributed by atoms with Gasteiger partial charge in [0.2, 0.25) is 0 Å². The predicted octanol–water partition coefficient (Wildman–Crippen LogP) is 1.13. The average Bonchev–Trinajstić information content (AvgIpc) is 2.20. The van der Waals surface area contributed by atoms with Crippen LogP contribution in [0.15, 0.2) is 12.1 Å². The van der Waals surface area contributed by atoms with Gasteiger partial charge in [-0.3, -0.25) is 0 Å². The highest BCUT2D eigenvalue weighted by molar-refractivity contribution is 5.39. The maximum atomic E-state index is 13.3. The minimum absolute atomic E-state index is 0.217. The molecule has 1 unspecified atom stereocenters. The summed E-state index contributed by atoms with van der Waals surface area (Å²) in [6.07, 6.45) is 0. The fourth-order valence-corrected chi connectivity index (χ4v) is 1.21. The first kappa shape index (κ1) is 10.9. The molecule has 0 radical (unpaired) electrons. The van der Waals surface area contributed by atoms with E-state index in [0.717, 1.165) is 0 Å². The highest BCUT2D eigenvalue weighted by Gasteiger charge is 2.11. The number of methoxy groups -OCH3 is 1. The van der Waals surface area contributed by atoms with Gasteiger partial charge in [0.1, 0.15) is 11.6 Å². The third kappa shape index (κ3) is 2.02. The summed E-state index contributed by atoms with van der Waals surface area (Å²) in [5, 5.41) is 8.82. The van der Waals surface area contributed by atoms with Crippen LogP contribution >= 0.6 is 0 Å². The molecular formula is C10H14FNO2. The van der Waals surface area contributed by atoms with Gasteiger partial charge in [-0.15, -0.1) is 0 Å². The number of halogens is 1. The van der Waals surface area contributed by atoms with Gasteiger partial charge in [-0.25, -0.2) is 4.39 Å². The molecule has 0 spiro atoms. The number of ether oxygens (including phenoxy) is 1. The Kier molecular flexibility index (Phi) is 3.43. The molecular weight excluding hydrogens is 185 g/mol. The molecule has 3 N–H and O–H groups in total.